The molecule has 0 unspecified atom stereocenters. The Morgan fingerprint density at radius 3 is 0.956 bits per heavy atom. The molecule has 0 aliphatic heterocycles. The molecule has 460 valence electrons. The van der Waals surface area contributed by atoms with Gasteiger partial charge in [0.2, 0.25) is 0 Å². The Morgan fingerprint density at radius 2 is 0.589 bits per heavy atom. The summed E-state index contributed by atoms with van der Waals surface area (Å²) in [6.45, 7) is 19.6. The third-order valence-electron chi connectivity index (χ3n) is 19.3. The van der Waals surface area contributed by atoms with E-state index in [1.807, 2.05) is 0 Å². The molecule has 0 fully saturated rings. The first-order valence-electron chi connectivity index (χ1n) is 31.9. The lowest BCUT2D eigenvalue weighted by molar-refractivity contribution is 0.00530. The fraction of sp³-hybridized carbons (Fsp3) is 0.317. The molecule has 8 nitrogen and oxygen atoms in total. The van der Waals surface area contributed by atoms with Crippen LogP contribution < -0.4 is 0 Å². The zero-order valence-corrected chi connectivity index (χ0v) is 54.1. The van der Waals surface area contributed by atoms with E-state index in [2.05, 4.69) is 224 Å². The molecule has 8 heteroatoms. The van der Waals surface area contributed by atoms with Crippen molar-refractivity contribution in [1.29, 1.82) is 0 Å². The number of hydrogen-bond donors (Lipinski definition) is 0. The van der Waals surface area contributed by atoms with Gasteiger partial charge in [-0.2, -0.15) is 0 Å². The molecular formula is C82H84O8. The number of methoxy groups -OCH3 is 4. The van der Waals surface area contributed by atoms with Gasteiger partial charge in [-0.25, -0.2) is 0 Å². The van der Waals surface area contributed by atoms with Gasteiger partial charge in [0.1, 0.15) is 0 Å². The second-order valence-electron chi connectivity index (χ2n) is 26.8. The summed E-state index contributed by atoms with van der Waals surface area (Å²) >= 11 is 0. The van der Waals surface area contributed by atoms with E-state index in [9.17, 15) is 0 Å². The van der Waals surface area contributed by atoms with Crippen molar-refractivity contribution in [3.05, 3.63) is 215 Å². The summed E-state index contributed by atoms with van der Waals surface area (Å²) in [4.78, 5) is 0. The van der Waals surface area contributed by atoms with Crippen LogP contribution in [0.3, 0.4) is 0 Å². The molecule has 2 aliphatic rings. The standard InChI is InChI=1S/C82H84O8/c1-79(2,3)55-27-31-59(71(47-55)53-25-29-63-61-17-11-13-23-73(61)81(75(63)45-53,49-87-41-37-83-7)50-88-42-38-84-8)57-33-35-69-68-22-16-20-66-58(34-36-70(78(66)68)67-21-15-19-65(57)77(67)69)60-32-28-56(80(4,5)6)48-72(60)54-26-30-64-62-18-12-14-24-74(62)82(76(64)46-54,51-89-43-39-85-9)52-90-44-40-86-10/h11-36,45-48H,37-44,49-52H2,1-10H3. The van der Waals surface area contributed by atoms with E-state index in [-0.39, 0.29) is 10.8 Å². The molecule has 0 amide bonds. The van der Waals surface area contributed by atoms with Crippen LogP contribution in [-0.4, -0.2) is 108 Å². The highest BCUT2D eigenvalue weighted by Gasteiger charge is 2.46. The number of hydrogen-bond acceptors (Lipinski definition) is 8. The van der Waals surface area contributed by atoms with Crippen molar-refractivity contribution < 1.29 is 37.9 Å². The minimum absolute atomic E-state index is 0.0937. The quantitative estimate of drug-likeness (QED) is 0.0337. The summed E-state index contributed by atoms with van der Waals surface area (Å²) in [7, 11) is 6.87. The normalized spacial score (nSPS) is 14.1. The van der Waals surface area contributed by atoms with Crippen LogP contribution >= 0.6 is 0 Å². The molecule has 11 aromatic rings. The van der Waals surface area contributed by atoms with E-state index in [4.69, 9.17) is 37.9 Å². The largest absolute Gasteiger partial charge is 0.382 e. The van der Waals surface area contributed by atoms with Crippen LogP contribution in [0.25, 0.3) is 110 Å². The van der Waals surface area contributed by atoms with Crippen LogP contribution in [0.2, 0.25) is 0 Å². The first-order valence-corrected chi connectivity index (χ1v) is 31.9. The van der Waals surface area contributed by atoms with E-state index in [0.29, 0.717) is 79.3 Å². The van der Waals surface area contributed by atoms with Crippen molar-refractivity contribution in [2.24, 2.45) is 0 Å². The first kappa shape index (κ1) is 61.3. The summed E-state index contributed by atoms with van der Waals surface area (Å²) < 4.78 is 48.0. The van der Waals surface area contributed by atoms with Crippen LogP contribution in [-0.2, 0) is 59.6 Å². The number of benzene rings is 11. The SMILES string of the molecule is COCCOCC1(COCCOC)c2ccccc2-c2ccc(-c3cc(C(C)(C)C)ccc3-c3ccc4c5cccc6c(-c7ccc(C(C)(C)C)cc7-c7ccc8c(c7)C(COCCOC)(COCCOC)c7ccccc7-8)ccc(c7cccc3c74)c65)cc21. The van der Waals surface area contributed by atoms with Crippen molar-refractivity contribution in [2.75, 3.05) is 108 Å². The third kappa shape index (κ3) is 10.8. The summed E-state index contributed by atoms with van der Waals surface area (Å²) in [5.41, 5.74) is 20.4. The van der Waals surface area contributed by atoms with E-state index in [0.717, 1.165) is 11.1 Å². The van der Waals surface area contributed by atoms with Gasteiger partial charge in [-0.05, 0) is 166 Å². The summed E-state index contributed by atoms with van der Waals surface area (Å²) in [5, 5.41) is 9.97. The van der Waals surface area contributed by atoms with E-state index < -0.39 is 10.8 Å². The lowest BCUT2D eigenvalue weighted by Crippen LogP contribution is -2.37. The molecular weight excluding hydrogens is 1110 g/mol. The van der Waals surface area contributed by atoms with Crippen LogP contribution in [0.4, 0.5) is 0 Å². The number of fused-ring (bicyclic) bond motifs is 8. The molecule has 0 atom stereocenters. The van der Waals surface area contributed by atoms with Gasteiger partial charge in [0.15, 0.2) is 0 Å². The van der Waals surface area contributed by atoms with E-state index >= 15 is 0 Å². The maximum absolute atomic E-state index is 6.55. The van der Waals surface area contributed by atoms with Crippen LogP contribution in [0.5, 0.6) is 0 Å². The molecule has 2 aliphatic carbocycles. The first-order chi connectivity index (χ1) is 43.7. The molecule has 0 spiro atoms. The van der Waals surface area contributed by atoms with Crippen LogP contribution in [0.15, 0.2) is 182 Å². The Bertz CT molecular complexity index is 4100. The average molecular weight is 1200 g/mol. The second kappa shape index (κ2) is 25.2. The Hall–Kier alpha value is -7.60. The highest BCUT2D eigenvalue weighted by atomic mass is 16.5. The predicted octanol–water partition coefficient (Wildman–Crippen LogP) is 18.2. The Kier molecular flexibility index (Phi) is 17.2. The highest BCUT2D eigenvalue weighted by Crippen LogP contribution is 2.55. The molecule has 0 saturated heterocycles. The maximum atomic E-state index is 6.55. The molecule has 0 heterocycles. The van der Waals surface area contributed by atoms with Gasteiger partial charge in [0.25, 0.3) is 0 Å². The van der Waals surface area contributed by atoms with Gasteiger partial charge in [0, 0.05) is 28.4 Å². The smallest absolute Gasteiger partial charge is 0.0700 e. The van der Waals surface area contributed by atoms with Gasteiger partial charge in [-0.15, -0.1) is 0 Å². The molecule has 90 heavy (non-hydrogen) atoms. The topological polar surface area (TPSA) is 73.8 Å². The van der Waals surface area contributed by atoms with Gasteiger partial charge in [0.05, 0.1) is 90.1 Å². The number of rotatable bonds is 24. The fourth-order valence-corrected chi connectivity index (χ4v) is 14.7. The summed E-state index contributed by atoms with van der Waals surface area (Å²) in [6, 6.07) is 69.4. The van der Waals surface area contributed by atoms with Crippen molar-refractivity contribution in [1.82, 2.24) is 0 Å². The van der Waals surface area contributed by atoms with Gasteiger partial charge < -0.3 is 37.9 Å². The monoisotopic (exact) mass is 1200 g/mol. The molecule has 0 N–H and O–H groups in total. The highest BCUT2D eigenvalue weighted by molar-refractivity contribution is 6.35. The third-order valence-corrected chi connectivity index (χ3v) is 19.3. The van der Waals surface area contributed by atoms with Gasteiger partial charge in [-0.1, -0.05) is 211 Å². The second-order valence-corrected chi connectivity index (χ2v) is 26.8. The Morgan fingerprint density at radius 1 is 0.267 bits per heavy atom. The van der Waals surface area contributed by atoms with Gasteiger partial charge in [-0.3, -0.25) is 0 Å². The Balaban J connectivity index is 0.961. The lowest BCUT2D eigenvalue weighted by atomic mass is 9.77. The minimum Gasteiger partial charge on any atom is -0.382 e. The summed E-state index contributed by atoms with van der Waals surface area (Å²) in [5.74, 6) is 0. The van der Waals surface area contributed by atoms with E-state index in [1.165, 1.54) is 132 Å². The Labute approximate surface area is 531 Å². The van der Waals surface area contributed by atoms with Crippen molar-refractivity contribution in [3.63, 3.8) is 0 Å². The maximum Gasteiger partial charge on any atom is 0.0700 e. The molecule has 11 aromatic carbocycles. The molecule has 13 rings (SSSR count). The molecule has 0 bridgehead atoms. The van der Waals surface area contributed by atoms with Crippen LogP contribution in [0.1, 0.15) is 74.9 Å². The zero-order valence-electron chi connectivity index (χ0n) is 54.1. The number of ether oxygens (including phenoxy) is 8. The van der Waals surface area contributed by atoms with Crippen molar-refractivity contribution >= 4 is 43.1 Å². The lowest BCUT2D eigenvalue weighted by Gasteiger charge is -2.32. The van der Waals surface area contributed by atoms with Crippen LogP contribution in [0, 0.1) is 0 Å². The molecule has 0 saturated carbocycles. The fourth-order valence-electron chi connectivity index (χ4n) is 14.7. The van der Waals surface area contributed by atoms with Crippen molar-refractivity contribution in [3.8, 4) is 66.8 Å². The molecule has 0 aromatic heterocycles. The summed E-state index contributed by atoms with van der Waals surface area (Å²) in [6.07, 6.45) is 0. The van der Waals surface area contributed by atoms with E-state index in [1.54, 1.807) is 28.4 Å². The average Bonchev–Trinajstić information content (AvgIpc) is 1.01. The zero-order chi connectivity index (χ0) is 62.4. The van der Waals surface area contributed by atoms with Gasteiger partial charge >= 0.3 is 0 Å². The van der Waals surface area contributed by atoms with Crippen molar-refractivity contribution in [2.45, 2.75) is 63.2 Å². The minimum atomic E-state index is -0.557. The molecule has 0 radical (unpaired) electrons. The predicted molar refractivity (Wildman–Crippen MR) is 370 cm³/mol.